The van der Waals surface area contributed by atoms with Crippen LogP contribution in [0.1, 0.15) is 12.5 Å². The normalized spacial score (nSPS) is 12.1. The molecule has 2 aromatic rings. The van der Waals surface area contributed by atoms with Gasteiger partial charge in [-0.2, -0.15) is 0 Å². The number of hydrogen-bond acceptors (Lipinski definition) is 3. The van der Waals surface area contributed by atoms with Crippen molar-refractivity contribution in [3.63, 3.8) is 0 Å². The van der Waals surface area contributed by atoms with E-state index in [1.54, 1.807) is 12.3 Å². The van der Waals surface area contributed by atoms with Gasteiger partial charge in [-0.05, 0) is 17.7 Å². The Kier molecular flexibility index (Phi) is 3.75. The standard InChI is InChI=1S/C14H14N2O3/c1-9(17)16-13(14(18)19)8-10-6-7-15-12-5-3-2-4-11(10)12/h2-7,13H,8H2,1H3,(H,16,17)(H,18,19). The maximum absolute atomic E-state index is 11.1. The lowest BCUT2D eigenvalue weighted by atomic mass is 10.0. The van der Waals surface area contributed by atoms with Gasteiger partial charge < -0.3 is 10.4 Å². The van der Waals surface area contributed by atoms with Crippen LogP contribution in [0.15, 0.2) is 36.5 Å². The third-order valence-corrected chi connectivity index (χ3v) is 2.84. The Morgan fingerprint density at radius 1 is 1.32 bits per heavy atom. The van der Waals surface area contributed by atoms with Gasteiger partial charge in [-0.1, -0.05) is 18.2 Å². The monoisotopic (exact) mass is 258 g/mol. The highest BCUT2D eigenvalue weighted by Gasteiger charge is 2.19. The highest BCUT2D eigenvalue weighted by molar-refractivity contribution is 5.85. The number of carbonyl (C=O) groups is 2. The molecule has 0 aliphatic rings. The fourth-order valence-electron chi connectivity index (χ4n) is 2.00. The van der Waals surface area contributed by atoms with Crippen LogP contribution in [0.4, 0.5) is 0 Å². The molecule has 0 radical (unpaired) electrons. The van der Waals surface area contributed by atoms with Gasteiger partial charge in [0.1, 0.15) is 6.04 Å². The maximum Gasteiger partial charge on any atom is 0.326 e. The summed E-state index contributed by atoms with van der Waals surface area (Å²) in [6.07, 6.45) is 1.88. The van der Waals surface area contributed by atoms with Gasteiger partial charge in [0.05, 0.1) is 5.52 Å². The van der Waals surface area contributed by atoms with E-state index in [0.717, 1.165) is 16.5 Å². The number of benzene rings is 1. The number of aliphatic carboxylic acids is 1. The average Bonchev–Trinajstić information content (AvgIpc) is 2.37. The van der Waals surface area contributed by atoms with Crippen LogP contribution in [0.2, 0.25) is 0 Å². The van der Waals surface area contributed by atoms with Crippen LogP contribution in [-0.4, -0.2) is 28.0 Å². The van der Waals surface area contributed by atoms with Crippen molar-refractivity contribution in [1.82, 2.24) is 10.3 Å². The van der Waals surface area contributed by atoms with Gasteiger partial charge in [-0.15, -0.1) is 0 Å². The number of nitrogens with zero attached hydrogens (tertiary/aromatic N) is 1. The Morgan fingerprint density at radius 2 is 2.05 bits per heavy atom. The second kappa shape index (κ2) is 5.48. The predicted octanol–water partition coefficient (Wildman–Crippen LogP) is 1.37. The molecule has 0 fully saturated rings. The zero-order valence-electron chi connectivity index (χ0n) is 10.5. The topological polar surface area (TPSA) is 79.3 Å². The van der Waals surface area contributed by atoms with Gasteiger partial charge in [0.15, 0.2) is 0 Å². The third kappa shape index (κ3) is 3.07. The number of fused-ring (bicyclic) bond motifs is 1. The molecule has 0 aliphatic carbocycles. The van der Waals surface area contributed by atoms with Gasteiger partial charge in [-0.3, -0.25) is 9.78 Å². The minimum Gasteiger partial charge on any atom is -0.480 e. The van der Waals surface area contributed by atoms with Gasteiger partial charge >= 0.3 is 5.97 Å². The Hall–Kier alpha value is -2.43. The van der Waals surface area contributed by atoms with Crippen LogP contribution in [0.5, 0.6) is 0 Å². The zero-order chi connectivity index (χ0) is 13.8. The second-order valence-electron chi connectivity index (χ2n) is 4.28. The van der Waals surface area contributed by atoms with Crippen LogP contribution in [0.3, 0.4) is 0 Å². The number of carboxylic acids is 1. The summed E-state index contributed by atoms with van der Waals surface area (Å²) in [6.45, 7) is 1.31. The van der Waals surface area contributed by atoms with Crippen LogP contribution < -0.4 is 5.32 Å². The van der Waals surface area contributed by atoms with E-state index in [-0.39, 0.29) is 12.3 Å². The van der Waals surface area contributed by atoms with E-state index in [9.17, 15) is 9.59 Å². The molecular formula is C14H14N2O3. The molecule has 0 saturated heterocycles. The number of nitrogens with one attached hydrogen (secondary N) is 1. The van der Waals surface area contributed by atoms with Crippen molar-refractivity contribution in [2.24, 2.45) is 0 Å². The van der Waals surface area contributed by atoms with Crippen molar-refractivity contribution in [1.29, 1.82) is 0 Å². The molecule has 2 N–H and O–H groups in total. The highest BCUT2D eigenvalue weighted by atomic mass is 16.4. The number of rotatable bonds is 4. The maximum atomic E-state index is 11.1. The molecule has 2 rings (SSSR count). The summed E-state index contributed by atoms with van der Waals surface area (Å²) in [5.74, 6) is -1.40. The smallest absolute Gasteiger partial charge is 0.326 e. The molecule has 1 amide bonds. The molecule has 0 saturated carbocycles. The largest absolute Gasteiger partial charge is 0.480 e. The van der Waals surface area contributed by atoms with Crippen LogP contribution >= 0.6 is 0 Å². The summed E-state index contributed by atoms with van der Waals surface area (Å²) >= 11 is 0. The van der Waals surface area contributed by atoms with E-state index in [2.05, 4.69) is 10.3 Å². The second-order valence-corrected chi connectivity index (χ2v) is 4.28. The molecule has 1 unspecified atom stereocenters. The van der Waals surface area contributed by atoms with Crippen molar-refractivity contribution in [2.75, 3.05) is 0 Å². The van der Waals surface area contributed by atoms with Crippen LogP contribution in [0.25, 0.3) is 10.9 Å². The molecule has 1 aromatic carbocycles. The molecular weight excluding hydrogens is 244 g/mol. The molecule has 19 heavy (non-hydrogen) atoms. The summed E-state index contributed by atoms with van der Waals surface area (Å²) in [4.78, 5) is 26.4. The van der Waals surface area contributed by atoms with E-state index in [1.165, 1.54) is 6.92 Å². The molecule has 1 heterocycles. The molecule has 1 aromatic heterocycles. The number of amides is 1. The molecule has 98 valence electrons. The van der Waals surface area contributed by atoms with Gasteiger partial charge in [0.2, 0.25) is 5.91 Å². The number of hydrogen-bond donors (Lipinski definition) is 2. The lowest BCUT2D eigenvalue weighted by molar-refractivity contribution is -0.141. The average molecular weight is 258 g/mol. The van der Waals surface area contributed by atoms with E-state index in [4.69, 9.17) is 5.11 Å². The van der Waals surface area contributed by atoms with Crippen molar-refractivity contribution in [3.8, 4) is 0 Å². The summed E-state index contributed by atoms with van der Waals surface area (Å²) in [6, 6.07) is 8.36. The Balaban J connectivity index is 2.33. The quantitative estimate of drug-likeness (QED) is 0.868. The molecule has 0 spiro atoms. The van der Waals surface area contributed by atoms with E-state index < -0.39 is 12.0 Å². The zero-order valence-corrected chi connectivity index (χ0v) is 10.5. The first-order chi connectivity index (χ1) is 9.08. The third-order valence-electron chi connectivity index (χ3n) is 2.84. The molecule has 1 atom stereocenters. The van der Waals surface area contributed by atoms with Gasteiger partial charge in [0.25, 0.3) is 0 Å². The number of para-hydroxylation sites is 1. The summed E-state index contributed by atoms with van der Waals surface area (Å²) in [7, 11) is 0. The fourth-order valence-corrected chi connectivity index (χ4v) is 2.00. The first-order valence-electron chi connectivity index (χ1n) is 5.90. The summed E-state index contributed by atoms with van der Waals surface area (Å²) in [5, 5.41) is 12.5. The van der Waals surface area contributed by atoms with Crippen molar-refractivity contribution >= 4 is 22.8 Å². The van der Waals surface area contributed by atoms with Crippen LogP contribution in [0, 0.1) is 0 Å². The number of aromatic nitrogens is 1. The summed E-state index contributed by atoms with van der Waals surface area (Å²) in [5.41, 5.74) is 1.67. The predicted molar refractivity (Wildman–Crippen MR) is 70.7 cm³/mol. The number of pyridine rings is 1. The van der Waals surface area contributed by atoms with E-state index in [0.29, 0.717) is 0 Å². The lowest BCUT2D eigenvalue weighted by Crippen LogP contribution is -2.41. The van der Waals surface area contributed by atoms with E-state index in [1.807, 2.05) is 24.3 Å². The highest BCUT2D eigenvalue weighted by Crippen LogP contribution is 2.17. The van der Waals surface area contributed by atoms with E-state index >= 15 is 0 Å². The first kappa shape index (κ1) is 13.0. The Labute approximate surface area is 110 Å². The SMILES string of the molecule is CC(=O)NC(Cc1ccnc2ccccc12)C(=O)O. The molecule has 5 heteroatoms. The molecule has 0 bridgehead atoms. The Bertz CT molecular complexity index is 620. The first-order valence-corrected chi connectivity index (χ1v) is 5.90. The lowest BCUT2D eigenvalue weighted by Gasteiger charge is -2.14. The number of carboxylic acid groups (broad SMARTS) is 1. The fraction of sp³-hybridized carbons (Fsp3) is 0.214. The molecule has 0 aliphatic heterocycles. The molecule has 5 nitrogen and oxygen atoms in total. The van der Waals surface area contributed by atoms with Gasteiger partial charge in [0, 0.05) is 24.9 Å². The van der Waals surface area contributed by atoms with Crippen LogP contribution in [-0.2, 0) is 16.0 Å². The Morgan fingerprint density at radius 3 is 2.74 bits per heavy atom. The minimum absolute atomic E-state index is 0.234. The van der Waals surface area contributed by atoms with Crippen molar-refractivity contribution < 1.29 is 14.7 Å². The number of carbonyl (C=O) groups excluding carboxylic acids is 1. The summed E-state index contributed by atoms with van der Waals surface area (Å²) < 4.78 is 0. The van der Waals surface area contributed by atoms with Crippen molar-refractivity contribution in [2.45, 2.75) is 19.4 Å². The van der Waals surface area contributed by atoms with Gasteiger partial charge in [-0.25, -0.2) is 4.79 Å². The minimum atomic E-state index is -1.05. The van der Waals surface area contributed by atoms with Crippen molar-refractivity contribution in [3.05, 3.63) is 42.1 Å².